The second-order valence-electron chi connectivity index (χ2n) is 8.83. The number of carbonyl (C=O) groups excluding carboxylic acids is 1. The van der Waals surface area contributed by atoms with Crippen LogP contribution in [0.3, 0.4) is 0 Å². The number of nitriles is 1. The zero-order chi connectivity index (χ0) is 26.8. The minimum Gasteiger partial charge on any atom is -0.493 e. The van der Waals surface area contributed by atoms with Gasteiger partial charge in [-0.05, 0) is 24.6 Å². The van der Waals surface area contributed by atoms with Crippen molar-refractivity contribution in [2.45, 2.75) is 12.8 Å². The van der Waals surface area contributed by atoms with E-state index in [0.29, 0.717) is 43.1 Å². The third kappa shape index (κ3) is 4.46. The lowest BCUT2D eigenvalue weighted by atomic mass is 9.82. The van der Waals surface area contributed by atoms with Crippen LogP contribution in [-0.2, 0) is 4.74 Å². The van der Waals surface area contributed by atoms with Crippen molar-refractivity contribution < 1.29 is 28.5 Å². The zero-order valence-corrected chi connectivity index (χ0v) is 21.2. The van der Waals surface area contributed by atoms with Gasteiger partial charge in [-0.1, -0.05) is 29.8 Å². The van der Waals surface area contributed by atoms with E-state index in [0.717, 1.165) is 11.1 Å². The molecule has 2 aliphatic rings. The molecule has 5 rings (SSSR count). The number of fused-ring (bicyclic) bond motifs is 1. The highest BCUT2D eigenvalue weighted by molar-refractivity contribution is 5.75. The number of amides is 1. The molecule has 0 aliphatic carbocycles. The number of aryl methyl sites for hydroxylation is 1. The van der Waals surface area contributed by atoms with Crippen molar-refractivity contribution >= 4 is 6.09 Å². The first kappa shape index (κ1) is 25.0. The fraction of sp³-hybridized carbons (Fsp3) is 0.296. The van der Waals surface area contributed by atoms with Gasteiger partial charge in [0.2, 0.25) is 17.5 Å². The van der Waals surface area contributed by atoms with Gasteiger partial charge >= 0.3 is 6.09 Å². The molecule has 1 amide bonds. The fourth-order valence-electron chi connectivity index (χ4n) is 4.58. The number of aromatic amines is 1. The van der Waals surface area contributed by atoms with E-state index in [9.17, 15) is 10.1 Å². The van der Waals surface area contributed by atoms with Crippen molar-refractivity contribution in [1.29, 1.82) is 5.26 Å². The number of rotatable bonds is 5. The summed E-state index contributed by atoms with van der Waals surface area (Å²) in [4.78, 5) is 14.4. The maximum atomic E-state index is 12.8. The molecular formula is C27H27N5O6. The smallest absolute Gasteiger partial charge is 0.415 e. The van der Waals surface area contributed by atoms with Gasteiger partial charge in [-0.2, -0.15) is 5.26 Å². The molecule has 1 aromatic heterocycles. The first-order valence-electron chi connectivity index (χ1n) is 12.0. The van der Waals surface area contributed by atoms with Gasteiger partial charge < -0.3 is 34.3 Å². The van der Waals surface area contributed by atoms with Crippen LogP contribution in [0.5, 0.6) is 23.1 Å². The van der Waals surface area contributed by atoms with Gasteiger partial charge in [-0.3, -0.25) is 5.10 Å². The van der Waals surface area contributed by atoms with E-state index in [1.807, 2.05) is 31.2 Å². The monoisotopic (exact) mass is 517 g/mol. The number of nitrogens with one attached hydrogen (secondary N) is 1. The molecule has 1 saturated heterocycles. The number of carbonyl (C=O) groups is 1. The summed E-state index contributed by atoms with van der Waals surface area (Å²) >= 11 is 0. The predicted molar refractivity (Wildman–Crippen MR) is 136 cm³/mol. The molecule has 0 spiro atoms. The summed E-state index contributed by atoms with van der Waals surface area (Å²) < 4.78 is 28.0. The molecule has 1 fully saturated rings. The highest BCUT2D eigenvalue weighted by atomic mass is 16.6. The van der Waals surface area contributed by atoms with Crippen LogP contribution in [0.2, 0.25) is 0 Å². The van der Waals surface area contributed by atoms with Gasteiger partial charge in [0.25, 0.3) is 0 Å². The van der Waals surface area contributed by atoms with E-state index in [2.05, 4.69) is 16.3 Å². The number of allylic oxidation sites excluding steroid dienone is 1. The molecule has 196 valence electrons. The van der Waals surface area contributed by atoms with E-state index in [-0.39, 0.29) is 34.6 Å². The van der Waals surface area contributed by atoms with Gasteiger partial charge in [0.05, 0.1) is 44.6 Å². The number of H-pyrrole nitrogens is 1. The van der Waals surface area contributed by atoms with E-state index < -0.39 is 12.0 Å². The first-order chi connectivity index (χ1) is 18.4. The van der Waals surface area contributed by atoms with Crippen LogP contribution in [0.25, 0.3) is 11.3 Å². The van der Waals surface area contributed by atoms with Crippen molar-refractivity contribution in [3.05, 3.63) is 64.5 Å². The maximum absolute atomic E-state index is 12.8. The molecule has 3 aromatic rings. The summed E-state index contributed by atoms with van der Waals surface area (Å²) in [6.07, 6.45) is -0.538. The largest absolute Gasteiger partial charge is 0.493 e. The molecule has 11 heteroatoms. The molecule has 1 atom stereocenters. The van der Waals surface area contributed by atoms with Gasteiger partial charge in [0.15, 0.2) is 11.5 Å². The average molecular weight is 518 g/mol. The number of hydrogen-bond donors (Lipinski definition) is 2. The topological polar surface area (TPSA) is 145 Å². The first-order valence-corrected chi connectivity index (χ1v) is 12.0. The van der Waals surface area contributed by atoms with Crippen LogP contribution < -0.4 is 24.7 Å². The predicted octanol–water partition coefficient (Wildman–Crippen LogP) is 3.45. The van der Waals surface area contributed by atoms with Crippen LogP contribution in [0, 0.1) is 18.3 Å². The summed E-state index contributed by atoms with van der Waals surface area (Å²) in [5.41, 5.74) is 10.3. The Morgan fingerprint density at radius 2 is 1.82 bits per heavy atom. The molecule has 2 aliphatic heterocycles. The Balaban J connectivity index is 1.61. The fourth-order valence-corrected chi connectivity index (χ4v) is 4.58. The highest BCUT2D eigenvalue weighted by Gasteiger charge is 2.37. The van der Waals surface area contributed by atoms with E-state index in [4.69, 9.17) is 29.4 Å². The standard InChI is InChI=1S/C27H27N5O6/c1-15-4-6-16(7-5-15)23-22-21(18(14-28)25(29)38-26(22)31-30-23)17-12-19(34-2)24(20(13-17)35-3)37-27(33)32-8-10-36-11-9-32/h4-7,12-13,21H,8-11,29H2,1-3H3,(H,30,31)/t21-/m0/s1. The number of methoxy groups -OCH3 is 2. The van der Waals surface area contributed by atoms with Crippen LogP contribution >= 0.6 is 0 Å². The number of nitrogens with two attached hydrogens (primary N) is 1. The number of aromatic nitrogens is 2. The Kier molecular flexibility index (Phi) is 6.81. The minimum absolute atomic E-state index is 0.0484. The third-order valence-corrected chi connectivity index (χ3v) is 6.55. The Morgan fingerprint density at radius 3 is 2.42 bits per heavy atom. The van der Waals surface area contributed by atoms with E-state index in [1.54, 1.807) is 17.0 Å². The van der Waals surface area contributed by atoms with Crippen molar-refractivity contribution in [3.8, 4) is 40.5 Å². The second-order valence-corrected chi connectivity index (χ2v) is 8.83. The molecule has 38 heavy (non-hydrogen) atoms. The van der Waals surface area contributed by atoms with Gasteiger partial charge in [-0.25, -0.2) is 4.79 Å². The van der Waals surface area contributed by atoms with Crippen molar-refractivity contribution in [2.24, 2.45) is 5.73 Å². The molecule has 0 saturated carbocycles. The summed E-state index contributed by atoms with van der Waals surface area (Å²) in [6.45, 7) is 3.72. The van der Waals surface area contributed by atoms with Gasteiger partial charge in [-0.15, -0.1) is 5.10 Å². The molecule has 0 bridgehead atoms. The molecule has 11 nitrogen and oxygen atoms in total. The van der Waals surface area contributed by atoms with Crippen LogP contribution in [-0.4, -0.2) is 61.7 Å². The molecule has 3 N–H and O–H groups in total. The lowest BCUT2D eigenvalue weighted by Gasteiger charge is -2.27. The van der Waals surface area contributed by atoms with E-state index in [1.165, 1.54) is 14.2 Å². The average Bonchev–Trinajstić information content (AvgIpc) is 3.36. The van der Waals surface area contributed by atoms with Crippen LogP contribution in [0.15, 0.2) is 47.9 Å². The Hall–Kier alpha value is -4.69. The Morgan fingerprint density at radius 1 is 1.16 bits per heavy atom. The summed E-state index contributed by atoms with van der Waals surface area (Å²) in [5, 5.41) is 17.4. The van der Waals surface area contributed by atoms with E-state index >= 15 is 0 Å². The van der Waals surface area contributed by atoms with Crippen LogP contribution in [0.4, 0.5) is 4.79 Å². The lowest BCUT2D eigenvalue weighted by Crippen LogP contribution is -2.42. The summed E-state index contributed by atoms with van der Waals surface area (Å²) in [5.74, 6) is 0.195. The quantitative estimate of drug-likeness (QED) is 0.520. The number of nitrogens with zero attached hydrogens (tertiary/aromatic N) is 3. The normalized spacial score (nSPS) is 16.8. The third-order valence-electron chi connectivity index (χ3n) is 6.55. The maximum Gasteiger partial charge on any atom is 0.415 e. The molecular weight excluding hydrogens is 490 g/mol. The summed E-state index contributed by atoms with van der Waals surface area (Å²) in [6, 6.07) is 13.5. The number of benzene rings is 2. The highest BCUT2D eigenvalue weighted by Crippen LogP contribution is 2.49. The number of morpholine rings is 1. The number of ether oxygens (including phenoxy) is 5. The van der Waals surface area contributed by atoms with Crippen molar-refractivity contribution in [2.75, 3.05) is 40.5 Å². The zero-order valence-electron chi connectivity index (χ0n) is 21.2. The van der Waals surface area contributed by atoms with Gasteiger partial charge in [0, 0.05) is 18.7 Å². The van der Waals surface area contributed by atoms with Crippen LogP contribution in [0.1, 0.15) is 22.6 Å². The van der Waals surface area contributed by atoms with Gasteiger partial charge in [0.1, 0.15) is 11.6 Å². The molecule has 2 aromatic carbocycles. The Bertz CT molecular complexity index is 1410. The molecule has 0 radical (unpaired) electrons. The SMILES string of the molecule is COc1cc([C@H]2C(C#N)=C(N)Oc3n[nH]c(-c4ccc(C)cc4)c32)cc(OC)c1OC(=O)N1CCOCC1. The Labute approximate surface area is 219 Å². The molecule has 3 heterocycles. The lowest BCUT2D eigenvalue weighted by molar-refractivity contribution is 0.0411. The second kappa shape index (κ2) is 10.4. The number of hydrogen-bond acceptors (Lipinski definition) is 9. The summed E-state index contributed by atoms with van der Waals surface area (Å²) in [7, 11) is 2.93. The van der Waals surface area contributed by atoms with Crippen molar-refractivity contribution in [3.63, 3.8) is 0 Å². The molecule has 0 unspecified atom stereocenters. The minimum atomic E-state index is -0.661. The van der Waals surface area contributed by atoms with Crippen molar-refractivity contribution in [1.82, 2.24) is 15.1 Å².